The van der Waals surface area contributed by atoms with Crippen molar-refractivity contribution in [1.82, 2.24) is 20.3 Å². The van der Waals surface area contributed by atoms with Crippen LogP contribution in [0, 0.1) is 0 Å². The van der Waals surface area contributed by atoms with Gasteiger partial charge in [0, 0.05) is 13.0 Å². The number of hydrogen-bond donors (Lipinski definition) is 2. The summed E-state index contributed by atoms with van der Waals surface area (Å²) in [6.07, 6.45) is 5.10. The predicted octanol–water partition coefficient (Wildman–Crippen LogP) is 0.379. The molecule has 0 bridgehead atoms. The summed E-state index contributed by atoms with van der Waals surface area (Å²) in [6, 6.07) is 0.593. The second kappa shape index (κ2) is 5.07. The fourth-order valence-corrected chi connectivity index (χ4v) is 1.92. The second-order valence-corrected chi connectivity index (χ2v) is 4.09. The Bertz CT molecular complexity index is 356. The molecule has 6 heteroatoms. The number of anilines is 1. The molecule has 1 aliphatic heterocycles. The van der Waals surface area contributed by atoms with Crippen molar-refractivity contribution in [3.63, 3.8) is 0 Å². The molecule has 0 aromatic carbocycles. The van der Waals surface area contributed by atoms with Crippen LogP contribution in [0.2, 0.25) is 0 Å². The summed E-state index contributed by atoms with van der Waals surface area (Å²) >= 11 is 0. The first kappa shape index (κ1) is 11.1. The van der Waals surface area contributed by atoms with Gasteiger partial charge in [-0.05, 0) is 25.8 Å². The Morgan fingerprint density at radius 1 is 1.75 bits per heavy atom. The van der Waals surface area contributed by atoms with Crippen molar-refractivity contribution in [1.29, 1.82) is 0 Å². The summed E-state index contributed by atoms with van der Waals surface area (Å²) in [7, 11) is 0. The molecule has 1 amide bonds. The summed E-state index contributed by atoms with van der Waals surface area (Å²) in [4.78, 5) is 12.4. The molecule has 6 nitrogen and oxygen atoms in total. The van der Waals surface area contributed by atoms with Gasteiger partial charge >= 0.3 is 0 Å². The number of amides is 1. The SMILES string of the molecule is CC(=O)Nc1cnn(CCC2CCCN2)n1. The summed E-state index contributed by atoms with van der Waals surface area (Å²) in [5.41, 5.74) is 0. The van der Waals surface area contributed by atoms with E-state index in [2.05, 4.69) is 20.8 Å². The van der Waals surface area contributed by atoms with E-state index < -0.39 is 0 Å². The lowest BCUT2D eigenvalue weighted by atomic mass is 10.2. The average Bonchev–Trinajstić information content (AvgIpc) is 2.84. The van der Waals surface area contributed by atoms with Gasteiger partial charge < -0.3 is 10.6 Å². The van der Waals surface area contributed by atoms with Crippen LogP contribution >= 0.6 is 0 Å². The number of rotatable bonds is 4. The van der Waals surface area contributed by atoms with Crippen molar-refractivity contribution in [3.8, 4) is 0 Å². The first-order valence-electron chi connectivity index (χ1n) is 5.65. The standard InChI is InChI=1S/C10H17N5O/c1-8(16)13-10-7-12-15(14-10)6-4-9-3-2-5-11-9/h7,9,11H,2-6H2,1H3,(H,13,14,16). The largest absolute Gasteiger partial charge is 0.314 e. The highest BCUT2D eigenvalue weighted by Gasteiger charge is 2.14. The first-order chi connectivity index (χ1) is 7.74. The zero-order valence-electron chi connectivity index (χ0n) is 9.44. The Balaban J connectivity index is 1.80. The Labute approximate surface area is 94.4 Å². The molecule has 0 spiro atoms. The second-order valence-electron chi connectivity index (χ2n) is 4.09. The van der Waals surface area contributed by atoms with Crippen LogP contribution in [-0.2, 0) is 11.3 Å². The maximum absolute atomic E-state index is 10.8. The molecule has 16 heavy (non-hydrogen) atoms. The molecule has 1 atom stereocenters. The number of nitrogens with one attached hydrogen (secondary N) is 2. The highest BCUT2D eigenvalue weighted by molar-refractivity contribution is 5.87. The third kappa shape index (κ3) is 3.03. The van der Waals surface area contributed by atoms with E-state index in [4.69, 9.17) is 0 Å². The van der Waals surface area contributed by atoms with E-state index >= 15 is 0 Å². The highest BCUT2D eigenvalue weighted by Crippen LogP contribution is 2.09. The van der Waals surface area contributed by atoms with Crippen molar-refractivity contribution in [2.45, 2.75) is 38.8 Å². The van der Waals surface area contributed by atoms with Gasteiger partial charge in [-0.1, -0.05) is 0 Å². The molecule has 1 fully saturated rings. The maximum atomic E-state index is 10.8. The van der Waals surface area contributed by atoms with E-state index in [0.29, 0.717) is 11.9 Å². The molecular weight excluding hydrogens is 206 g/mol. The summed E-state index contributed by atoms with van der Waals surface area (Å²) in [5.74, 6) is 0.399. The van der Waals surface area contributed by atoms with Crippen molar-refractivity contribution < 1.29 is 4.79 Å². The lowest BCUT2D eigenvalue weighted by Crippen LogP contribution is -2.23. The molecule has 0 radical (unpaired) electrons. The van der Waals surface area contributed by atoms with Gasteiger partial charge in [0.25, 0.3) is 0 Å². The Kier molecular flexibility index (Phi) is 3.51. The normalized spacial score (nSPS) is 19.9. The minimum absolute atomic E-state index is 0.121. The van der Waals surface area contributed by atoms with Crippen molar-refractivity contribution in [2.75, 3.05) is 11.9 Å². The number of aryl methyl sites for hydroxylation is 1. The van der Waals surface area contributed by atoms with Gasteiger partial charge in [-0.25, -0.2) is 0 Å². The van der Waals surface area contributed by atoms with E-state index in [1.54, 1.807) is 11.0 Å². The van der Waals surface area contributed by atoms with Gasteiger partial charge in [0.05, 0.1) is 12.7 Å². The third-order valence-corrected chi connectivity index (χ3v) is 2.68. The minimum Gasteiger partial charge on any atom is -0.314 e. The first-order valence-corrected chi connectivity index (χ1v) is 5.65. The van der Waals surface area contributed by atoms with Gasteiger partial charge in [-0.2, -0.15) is 9.90 Å². The molecule has 0 saturated carbocycles. The van der Waals surface area contributed by atoms with Gasteiger partial charge in [-0.3, -0.25) is 4.79 Å². The fraction of sp³-hybridized carbons (Fsp3) is 0.700. The number of nitrogens with zero attached hydrogens (tertiary/aromatic N) is 3. The molecule has 2 heterocycles. The van der Waals surface area contributed by atoms with Gasteiger partial charge in [-0.15, -0.1) is 5.10 Å². The average molecular weight is 223 g/mol. The summed E-state index contributed by atoms with van der Waals surface area (Å²) < 4.78 is 0. The molecule has 0 aliphatic carbocycles. The topological polar surface area (TPSA) is 71.8 Å². The molecule has 1 aliphatic rings. The van der Waals surface area contributed by atoms with Crippen LogP contribution in [0.3, 0.4) is 0 Å². The van der Waals surface area contributed by atoms with Crippen LogP contribution < -0.4 is 10.6 Å². The summed E-state index contributed by atoms with van der Waals surface area (Å²) in [6.45, 7) is 3.37. The molecule has 2 rings (SSSR count). The number of hydrogen-bond acceptors (Lipinski definition) is 4. The van der Waals surface area contributed by atoms with Crippen molar-refractivity contribution >= 4 is 11.7 Å². The van der Waals surface area contributed by atoms with Crippen LogP contribution in [0.5, 0.6) is 0 Å². The Hall–Kier alpha value is -1.43. The molecule has 1 unspecified atom stereocenters. The van der Waals surface area contributed by atoms with Crippen LogP contribution in [0.25, 0.3) is 0 Å². The highest BCUT2D eigenvalue weighted by atomic mass is 16.1. The van der Waals surface area contributed by atoms with E-state index in [1.807, 2.05) is 0 Å². The van der Waals surface area contributed by atoms with Crippen LogP contribution in [0.15, 0.2) is 6.20 Å². The minimum atomic E-state index is -0.121. The molecular formula is C10H17N5O. The molecule has 88 valence electrons. The van der Waals surface area contributed by atoms with Crippen LogP contribution in [0.4, 0.5) is 5.82 Å². The molecule has 1 saturated heterocycles. The van der Waals surface area contributed by atoms with Crippen molar-refractivity contribution in [3.05, 3.63) is 6.20 Å². The van der Waals surface area contributed by atoms with Gasteiger partial charge in [0.1, 0.15) is 0 Å². The van der Waals surface area contributed by atoms with E-state index in [-0.39, 0.29) is 5.91 Å². The van der Waals surface area contributed by atoms with Gasteiger partial charge in [0.2, 0.25) is 5.91 Å². The smallest absolute Gasteiger partial charge is 0.222 e. The Morgan fingerprint density at radius 2 is 2.62 bits per heavy atom. The maximum Gasteiger partial charge on any atom is 0.222 e. The van der Waals surface area contributed by atoms with Crippen LogP contribution in [0.1, 0.15) is 26.2 Å². The zero-order chi connectivity index (χ0) is 11.4. The van der Waals surface area contributed by atoms with E-state index in [0.717, 1.165) is 19.5 Å². The third-order valence-electron chi connectivity index (χ3n) is 2.68. The predicted molar refractivity (Wildman–Crippen MR) is 60.0 cm³/mol. The molecule has 1 aromatic heterocycles. The van der Waals surface area contributed by atoms with Crippen molar-refractivity contribution in [2.24, 2.45) is 0 Å². The number of carbonyl (C=O) groups excluding carboxylic acids is 1. The Morgan fingerprint density at radius 3 is 3.31 bits per heavy atom. The van der Waals surface area contributed by atoms with E-state index in [9.17, 15) is 4.79 Å². The summed E-state index contributed by atoms with van der Waals surface area (Å²) in [5, 5.41) is 14.3. The molecule has 2 N–H and O–H groups in total. The zero-order valence-corrected chi connectivity index (χ0v) is 9.44. The van der Waals surface area contributed by atoms with E-state index in [1.165, 1.54) is 19.8 Å². The number of aromatic nitrogens is 3. The lowest BCUT2D eigenvalue weighted by Gasteiger charge is -2.08. The monoisotopic (exact) mass is 223 g/mol. The number of carbonyl (C=O) groups is 1. The van der Waals surface area contributed by atoms with Gasteiger partial charge in [0.15, 0.2) is 5.82 Å². The van der Waals surface area contributed by atoms with Crippen LogP contribution in [-0.4, -0.2) is 33.5 Å². The lowest BCUT2D eigenvalue weighted by molar-refractivity contribution is -0.114. The molecule has 1 aromatic rings. The fourth-order valence-electron chi connectivity index (χ4n) is 1.92. The quantitative estimate of drug-likeness (QED) is 0.774.